The van der Waals surface area contributed by atoms with Crippen LogP contribution < -0.4 is 21.7 Å². The maximum Gasteiger partial charge on any atom is 0.328 e. The lowest BCUT2D eigenvalue weighted by Gasteiger charge is -2.26. The molecule has 0 radical (unpaired) electrons. The molecule has 13 heteroatoms. The summed E-state index contributed by atoms with van der Waals surface area (Å²) in [7, 11) is 0. The quantitative estimate of drug-likeness (QED) is 0.153. The average molecular weight is 535 g/mol. The van der Waals surface area contributed by atoms with Gasteiger partial charge in [-0.1, -0.05) is 30.3 Å². The van der Waals surface area contributed by atoms with E-state index in [1.807, 2.05) is 6.26 Å². The molecule has 0 saturated heterocycles. The number of carbonyl (C=O) groups excluding carboxylic acids is 3. The number of carbonyl (C=O) groups is 4. The van der Waals surface area contributed by atoms with Gasteiger partial charge in [0.05, 0.1) is 18.5 Å². The maximum absolute atomic E-state index is 13.3. The van der Waals surface area contributed by atoms with E-state index >= 15 is 0 Å². The number of thioether (sulfide) groups is 1. The van der Waals surface area contributed by atoms with Crippen molar-refractivity contribution in [1.82, 2.24) is 25.9 Å². The van der Waals surface area contributed by atoms with Crippen LogP contribution >= 0.6 is 11.8 Å². The van der Waals surface area contributed by atoms with Gasteiger partial charge in [-0.15, -0.1) is 0 Å². The largest absolute Gasteiger partial charge is 0.480 e. The van der Waals surface area contributed by atoms with Crippen molar-refractivity contribution in [3.05, 3.63) is 54.1 Å². The van der Waals surface area contributed by atoms with E-state index in [0.717, 1.165) is 0 Å². The van der Waals surface area contributed by atoms with Crippen LogP contribution in [0.2, 0.25) is 0 Å². The Balaban J connectivity index is 2.25. The normalized spacial score (nSPS) is 15.0. The number of benzene rings is 1. The Morgan fingerprint density at radius 1 is 1.03 bits per heavy atom. The number of aliphatic hydroxyl groups excluding tert-OH is 1. The highest BCUT2D eigenvalue weighted by Gasteiger charge is 2.32. The SMILES string of the molecule is CSCCC(N)C(=O)NC(Cc1cnc[nH]1)C(=O)NC(Cc1ccccc1)C(=O)NC(C(=O)O)C(C)O. The van der Waals surface area contributed by atoms with Crippen LogP contribution in [-0.4, -0.2) is 86.2 Å². The number of nitrogens with zero attached hydrogens (tertiary/aromatic N) is 1. The van der Waals surface area contributed by atoms with Gasteiger partial charge in [0, 0.05) is 24.7 Å². The van der Waals surface area contributed by atoms with Crippen molar-refractivity contribution in [2.45, 2.75) is 56.5 Å². The van der Waals surface area contributed by atoms with E-state index in [4.69, 9.17) is 5.73 Å². The standard InChI is InChI=1S/C24H34N6O6S/c1-14(31)20(24(35)36)30-23(34)18(10-15-6-4-3-5-7-15)29-22(33)19(11-16-12-26-13-27-16)28-21(32)17(25)8-9-37-2/h3-7,12-14,17-20,31H,8-11,25H2,1-2H3,(H,26,27)(H,28,32)(H,29,33)(H,30,34)(H,35,36). The van der Waals surface area contributed by atoms with Gasteiger partial charge >= 0.3 is 5.97 Å². The van der Waals surface area contributed by atoms with Gasteiger partial charge < -0.3 is 36.9 Å². The van der Waals surface area contributed by atoms with E-state index < -0.39 is 54.0 Å². The molecule has 37 heavy (non-hydrogen) atoms. The number of carboxylic acid groups (broad SMARTS) is 1. The number of hydrogen-bond acceptors (Lipinski definition) is 8. The minimum Gasteiger partial charge on any atom is -0.480 e. The number of imidazole rings is 1. The van der Waals surface area contributed by atoms with Crippen molar-refractivity contribution in [1.29, 1.82) is 0 Å². The first-order chi connectivity index (χ1) is 17.6. The highest BCUT2D eigenvalue weighted by atomic mass is 32.2. The summed E-state index contributed by atoms with van der Waals surface area (Å²) in [5.41, 5.74) is 7.25. The zero-order valence-electron chi connectivity index (χ0n) is 20.7. The van der Waals surface area contributed by atoms with Crippen molar-refractivity contribution in [2.75, 3.05) is 12.0 Å². The monoisotopic (exact) mass is 534 g/mol. The predicted molar refractivity (Wildman–Crippen MR) is 139 cm³/mol. The van der Waals surface area contributed by atoms with E-state index in [1.165, 1.54) is 19.4 Å². The lowest BCUT2D eigenvalue weighted by Crippen LogP contribution is -2.59. The van der Waals surface area contributed by atoms with E-state index in [1.54, 1.807) is 42.1 Å². The van der Waals surface area contributed by atoms with E-state index in [9.17, 15) is 29.4 Å². The summed E-state index contributed by atoms with van der Waals surface area (Å²) in [5.74, 6) is -2.73. The molecule has 0 fully saturated rings. The zero-order chi connectivity index (χ0) is 27.4. The van der Waals surface area contributed by atoms with Gasteiger partial charge in [0.15, 0.2) is 6.04 Å². The Morgan fingerprint density at radius 2 is 1.65 bits per heavy atom. The molecule has 3 amide bonds. The number of carboxylic acids is 1. The lowest BCUT2D eigenvalue weighted by molar-refractivity contribution is -0.145. The third-order valence-corrected chi connectivity index (χ3v) is 6.19. The molecule has 0 aliphatic heterocycles. The maximum atomic E-state index is 13.3. The van der Waals surface area contributed by atoms with Gasteiger partial charge in [0.25, 0.3) is 0 Å². The van der Waals surface area contributed by atoms with Gasteiger partial charge in [0.1, 0.15) is 12.1 Å². The highest BCUT2D eigenvalue weighted by Crippen LogP contribution is 2.07. The topological polar surface area (TPSA) is 200 Å². The molecule has 5 atom stereocenters. The summed E-state index contributed by atoms with van der Waals surface area (Å²) < 4.78 is 0. The molecule has 1 heterocycles. The fraction of sp³-hybridized carbons (Fsp3) is 0.458. The first-order valence-electron chi connectivity index (χ1n) is 11.7. The second kappa shape index (κ2) is 15.0. The molecule has 1 aromatic heterocycles. The van der Waals surface area contributed by atoms with Crippen LogP contribution in [-0.2, 0) is 32.0 Å². The van der Waals surface area contributed by atoms with Crippen molar-refractivity contribution in [2.24, 2.45) is 5.73 Å². The molecular weight excluding hydrogens is 500 g/mol. The van der Waals surface area contributed by atoms with Gasteiger partial charge in [-0.3, -0.25) is 14.4 Å². The van der Waals surface area contributed by atoms with E-state index in [0.29, 0.717) is 23.4 Å². The molecule has 0 saturated carbocycles. The Kier molecular flexibility index (Phi) is 12.1. The number of rotatable bonds is 15. The summed E-state index contributed by atoms with van der Waals surface area (Å²) in [4.78, 5) is 57.4. The predicted octanol–water partition coefficient (Wildman–Crippen LogP) is -0.805. The van der Waals surface area contributed by atoms with Crippen LogP contribution in [0, 0.1) is 0 Å². The third kappa shape index (κ3) is 9.86. The summed E-state index contributed by atoms with van der Waals surface area (Å²) >= 11 is 1.54. The smallest absolute Gasteiger partial charge is 0.328 e. The number of H-pyrrole nitrogens is 1. The molecule has 202 valence electrons. The number of aromatic amines is 1. The first-order valence-corrected chi connectivity index (χ1v) is 13.1. The molecule has 2 rings (SSSR count). The number of aliphatic hydroxyl groups is 1. The van der Waals surface area contributed by atoms with Crippen LogP contribution in [0.25, 0.3) is 0 Å². The van der Waals surface area contributed by atoms with E-state index in [2.05, 4.69) is 25.9 Å². The zero-order valence-corrected chi connectivity index (χ0v) is 21.5. The fourth-order valence-electron chi connectivity index (χ4n) is 3.45. The molecule has 5 unspecified atom stereocenters. The summed E-state index contributed by atoms with van der Waals surface area (Å²) in [6.45, 7) is 1.24. The Labute approximate surface area is 219 Å². The summed E-state index contributed by atoms with van der Waals surface area (Å²) in [5, 5.41) is 26.7. The van der Waals surface area contributed by atoms with Gasteiger partial charge in [0.2, 0.25) is 17.7 Å². The lowest BCUT2D eigenvalue weighted by atomic mass is 10.0. The second-order valence-electron chi connectivity index (χ2n) is 8.55. The number of hydrogen-bond donors (Lipinski definition) is 7. The fourth-order valence-corrected chi connectivity index (χ4v) is 3.94. The average Bonchev–Trinajstić information content (AvgIpc) is 3.38. The van der Waals surface area contributed by atoms with Crippen LogP contribution in [0.15, 0.2) is 42.9 Å². The molecule has 2 aromatic rings. The number of amides is 3. The molecule has 0 spiro atoms. The number of nitrogens with one attached hydrogen (secondary N) is 4. The second-order valence-corrected chi connectivity index (χ2v) is 9.53. The summed E-state index contributed by atoms with van der Waals surface area (Å²) in [6.07, 6.45) is 3.98. The minimum absolute atomic E-state index is 0.0442. The van der Waals surface area contributed by atoms with Crippen molar-refractivity contribution in [3.63, 3.8) is 0 Å². The van der Waals surface area contributed by atoms with Gasteiger partial charge in [-0.05, 0) is 30.9 Å². The third-order valence-electron chi connectivity index (χ3n) is 5.54. The highest BCUT2D eigenvalue weighted by molar-refractivity contribution is 7.98. The van der Waals surface area contributed by atoms with Crippen molar-refractivity contribution in [3.8, 4) is 0 Å². The summed E-state index contributed by atoms with van der Waals surface area (Å²) in [6, 6.07) is 4.15. The minimum atomic E-state index is -1.57. The van der Waals surface area contributed by atoms with Gasteiger partial charge in [-0.25, -0.2) is 9.78 Å². The van der Waals surface area contributed by atoms with Crippen LogP contribution in [0.3, 0.4) is 0 Å². The van der Waals surface area contributed by atoms with Crippen LogP contribution in [0.5, 0.6) is 0 Å². The van der Waals surface area contributed by atoms with Crippen LogP contribution in [0.4, 0.5) is 0 Å². The molecule has 0 bridgehead atoms. The molecule has 0 aliphatic rings. The molecule has 8 N–H and O–H groups in total. The van der Waals surface area contributed by atoms with E-state index in [-0.39, 0.29) is 12.8 Å². The molecule has 12 nitrogen and oxygen atoms in total. The molecule has 0 aliphatic carbocycles. The number of aliphatic carboxylic acids is 1. The van der Waals surface area contributed by atoms with Crippen molar-refractivity contribution < 1.29 is 29.4 Å². The van der Waals surface area contributed by atoms with Crippen molar-refractivity contribution >= 4 is 35.5 Å². The van der Waals surface area contributed by atoms with Gasteiger partial charge in [-0.2, -0.15) is 11.8 Å². The first kappa shape index (κ1) is 29.8. The molecular formula is C24H34N6O6S. The van der Waals surface area contributed by atoms with Crippen LogP contribution in [0.1, 0.15) is 24.6 Å². The Hall–Kier alpha value is -3.42. The number of aromatic nitrogens is 2. The molecule has 1 aromatic carbocycles. The Bertz CT molecular complexity index is 1020. The Morgan fingerprint density at radius 3 is 2.22 bits per heavy atom. The number of nitrogens with two attached hydrogens (primary N) is 1.